The highest BCUT2D eigenvalue weighted by molar-refractivity contribution is 5.70. The Morgan fingerprint density at radius 3 is 2.86 bits per heavy atom. The van der Waals surface area contributed by atoms with Crippen molar-refractivity contribution in [3.63, 3.8) is 0 Å². The molecule has 1 heterocycles. The molecular weight excluding hydrogens is 285 g/mol. The average Bonchev–Trinajstić information content (AvgIpc) is 2.72. The number of anilines is 2. The summed E-state index contributed by atoms with van der Waals surface area (Å²) in [4.78, 5) is 12.2. The first-order chi connectivity index (χ1) is 10.6. The van der Waals surface area contributed by atoms with Crippen LogP contribution in [-0.4, -0.2) is 18.0 Å². The zero-order valence-electron chi connectivity index (χ0n) is 12.0. The summed E-state index contributed by atoms with van der Waals surface area (Å²) in [5.74, 6) is -0.538. The van der Waals surface area contributed by atoms with Crippen LogP contribution in [0.25, 0.3) is 0 Å². The van der Waals surface area contributed by atoms with Gasteiger partial charge in [0, 0.05) is 31.3 Å². The van der Waals surface area contributed by atoms with E-state index in [9.17, 15) is 14.5 Å². The SMILES string of the molecule is O=[N+]([O-])c1ccc(CN2CCCNc3ccccc32)c(F)c1. The summed E-state index contributed by atoms with van der Waals surface area (Å²) in [5.41, 5.74) is 2.29. The van der Waals surface area contributed by atoms with E-state index in [4.69, 9.17) is 0 Å². The summed E-state index contributed by atoms with van der Waals surface area (Å²) >= 11 is 0. The van der Waals surface area contributed by atoms with Crippen molar-refractivity contribution in [2.24, 2.45) is 0 Å². The number of halogens is 1. The van der Waals surface area contributed by atoms with E-state index in [0.717, 1.165) is 37.0 Å². The average molecular weight is 301 g/mol. The molecule has 0 radical (unpaired) electrons. The standard InChI is InChI=1S/C16H16FN3O2/c17-14-10-13(20(21)22)7-6-12(14)11-19-9-3-8-18-15-4-1-2-5-16(15)19/h1-2,4-7,10,18H,3,8-9,11H2. The first-order valence-electron chi connectivity index (χ1n) is 7.16. The van der Waals surface area contributed by atoms with E-state index < -0.39 is 10.7 Å². The minimum Gasteiger partial charge on any atom is -0.383 e. The minimum absolute atomic E-state index is 0.223. The number of rotatable bonds is 3. The van der Waals surface area contributed by atoms with Crippen LogP contribution in [0.1, 0.15) is 12.0 Å². The summed E-state index contributed by atoms with van der Waals surface area (Å²) < 4.78 is 14.1. The van der Waals surface area contributed by atoms with E-state index in [-0.39, 0.29) is 5.69 Å². The number of benzene rings is 2. The van der Waals surface area contributed by atoms with Crippen molar-refractivity contribution in [1.82, 2.24) is 0 Å². The Bertz CT molecular complexity index is 706. The molecule has 5 nitrogen and oxygen atoms in total. The predicted molar refractivity (Wildman–Crippen MR) is 83.7 cm³/mol. The van der Waals surface area contributed by atoms with Gasteiger partial charge in [-0.2, -0.15) is 0 Å². The summed E-state index contributed by atoms with van der Waals surface area (Å²) in [5, 5.41) is 14.0. The number of nitrogens with zero attached hydrogens (tertiary/aromatic N) is 2. The maximum Gasteiger partial charge on any atom is 0.272 e. The zero-order valence-corrected chi connectivity index (χ0v) is 12.0. The Kier molecular flexibility index (Phi) is 3.91. The van der Waals surface area contributed by atoms with E-state index >= 15 is 0 Å². The van der Waals surface area contributed by atoms with Gasteiger partial charge in [-0.25, -0.2) is 4.39 Å². The van der Waals surface area contributed by atoms with Gasteiger partial charge in [-0.15, -0.1) is 0 Å². The summed E-state index contributed by atoms with van der Waals surface area (Å²) in [6, 6.07) is 11.7. The topological polar surface area (TPSA) is 58.4 Å². The van der Waals surface area contributed by atoms with Crippen molar-refractivity contribution in [2.75, 3.05) is 23.3 Å². The molecular formula is C16H16FN3O2. The second kappa shape index (κ2) is 6.01. The van der Waals surface area contributed by atoms with Crippen molar-refractivity contribution in [1.29, 1.82) is 0 Å². The number of fused-ring (bicyclic) bond motifs is 1. The monoisotopic (exact) mass is 301 g/mol. The molecule has 6 heteroatoms. The molecule has 3 rings (SSSR count). The fourth-order valence-corrected chi connectivity index (χ4v) is 2.66. The Hall–Kier alpha value is -2.63. The molecule has 2 aromatic rings. The third-order valence-corrected chi connectivity index (χ3v) is 3.77. The van der Waals surface area contributed by atoms with Gasteiger partial charge < -0.3 is 10.2 Å². The van der Waals surface area contributed by atoms with E-state index in [1.807, 2.05) is 24.3 Å². The normalized spacial score (nSPS) is 14.0. The molecule has 1 N–H and O–H groups in total. The van der Waals surface area contributed by atoms with Crippen LogP contribution in [-0.2, 0) is 6.54 Å². The van der Waals surface area contributed by atoms with Crippen LogP contribution >= 0.6 is 0 Å². The van der Waals surface area contributed by atoms with Gasteiger partial charge in [0.2, 0.25) is 0 Å². The highest BCUT2D eigenvalue weighted by Gasteiger charge is 2.17. The fourth-order valence-electron chi connectivity index (χ4n) is 2.66. The van der Waals surface area contributed by atoms with E-state index in [2.05, 4.69) is 10.2 Å². The second-order valence-electron chi connectivity index (χ2n) is 5.25. The van der Waals surface area contributed by atoms with Crippen LogP contribution in [0.15, 0.2) is 42.5 Å². The molecule has 2 aromatic carbocycles. The van der Waals surface area contributed by atoms with Crippen LogP contribution in [0.3, 0.4) is 0 Å². The van der Waals surface area contributed by atoms with Crippen LogP contribution in [0.2, 0.25) is 0 Å². The first-order valence-corrected chi connectivity index (χ1v) is 7.16. The van der Waals surface area contributed by atoms with Crippen molar-refractivity contribution < 1.29 is 9.31 Å². The highest BCUT2D eigenvalue weighted by atomic mass is 19.1. The van der Waals surface area contributed by atoms with Crippen LogP contribution in [0.5, 0.6) is 0 Å². The molecule has 0 saturated heterocycles. The second-order valence-corrected chi connectivity index (χ2v) is 5.25. The Balaban J connectivity index is 1.88. The largest absolute Gasteiger partial charge is 0.383 e. The van der Waals surface area contributed by atoms with Gasteiger partial charge in [0.1, 0.15) is 5.82 Å². The lowest BCUT2D eigenvalue weighted by Crippen LogP contribution is -2.23. The number of nitro groups is 1. The lowest BCUT2D eigenvalue weighted by Gasteiger charge is -2.24. The molecule has 1 aliphatic rings. The molecule has 0 aliphatic carbocycles. The van der Waals surface area contributed by atoms with Gasteiger partial charge in [-0.05, 0) is 24.6 Å². The summed E-state index contributed by atoms with van der Waals surface area (Å²) in [6.45, 7) is 2.07. The van der Waals surface area contributed by atoms with E-state index in [1.54, 1.807) is 0 Å². The van der Waals surface area contributed by atoms with Crippen molar-refractivity contribution in [3.8, 4) is 0 Å². The van der Waals surface area contributed by atoms with E-state index in [1.165, 1.54) is 12.1 Å². The molecule has 0 unspecified atom stereocenters. The van der Waals surface area contributed by atoms with Crippen molar-refractivity contribution in [3.05, 3.63) is 64.0 Å². The van der Waals surface area contributed by atoms with Gasteiger partial charge >= 0.3 is 0 Å². The zero-order chi connectivity index (χ0) is 15.5. The third-order valence-electron chi connectivity index (χ3n) is 3.77. The molecule has 1 aliphatic heterocycles. The van der Waals surface area contributed by atoms with Crippen molar-refractivity contribution >= 4 is 17.1 Å². The Morgan fingerprint density at radius 2 is 2.09 bits per heavy atom. The molecule has 0 fully saturated rings. The first kappa shape index (κ1) is 14.3. The van der Waals surface area contributed by atoms with Crippen molar-refractivity contribution in [2.45, 2.75) is 13.0 Å². The lowest BCUT2D eigenvalue weighted by molar-refractivity contribution is -0.385. The van der Waals surface area contributed by atoms with Gasteiger partial charge in [0.25, 0.3) is 5.69 Å². The molecule has 22 heavy (non-hydrogen) atoms. The number of nitrogens with one attached hydrogen (secondary N) is 1. The maximum atomic E-state index is 14.1. The predicted octanol–water partition coefficient (Wildman–Crippen LogP) is 3.56. The molecule has 0 amide bonds. The Morgan fingerprint density at radius 1 is 1.27 bits per heavy atom. The van der Waals surface area contributed by atoms with Gasteiger partial charge in [0.15, 0.2) is 0 Å². The van der Waals surface area contributed by atoms with Crippen LogP contribution in [0.4, 0.5) is 21.5 Å². The van der Waals surface area contributed by atoms with E-state index in [0.29, 0.717) is 12.1 Å². The number of nitro benzene ring substituents is 1. The number of hydrogen-bond donors (Lipinski definition) is 1. The molecule has 0 aromatic heterocycles. The van der Waals surface area contributed by atoms with Gasteiger partial charge in [-0.3, -0.25) is 10.1 Å². The molecule has 0 spiro atoms. The number of para-hydroxylation sites is 2. The number of non-ortho nitro benzene ring substituents is 1. The molecule has 0 bridgehead atoms. The fraction of sp³-hybridized carbons (Fsp3) is 0.250. The molecule has 0 atom stereocenters. The highest BCUT2D eigenvalue weighted by Crippen LogP contribution is 2.30. The van der Waals surface area contributed by atoms with Crippen LogP contribution in [0, 0.1) is 15.9 Å². The number of hydrogen-bond acceptors (Lipinski definition) is 4. The van der Waals surface area contributed by atoms with Gasteiger partial charge in [0.05, 0.1) is 22.4 Å². The quantitative estimate of drug-likeness (QED) is 0.695. The smallest absolute Gasteiger partial charge is 0.272 e. The summed E-state index contributed by atoms with van der Waals surface area (Å²) in [6.07, 6.45) is 0.948. The minimum atomic E-state index is -0.585. The maximum absolute atomic E-state index is 14.1. The lowest BCUT2D eigenvalue weighted by atomic mass is 10.1. The third kappa shape index (κ3) is 2.86. The molecule has 114 valence electrons. The van der Waals surface area contributed by atoms with Gasteiger partial charge in [-0.1, -0.05) is 12.1 Å². The summed E-state index contributed by atoms with van der Waals surface area (Å²) in [7, 11) is 0. The molecule has 0 saturated carbocycles. The van der Waals surface area contributed by atoms with Crippen LogP contribution < -0.4 is 10.2 Å². The Labute approximate surface area is 127 Å².